The Labute approximate surface area is 91.0 Å². The van der Waals surface area contributed by atoms with E-state index in [4.69, 9.17) is 0 Å². The van der Waals surface area contributed by atoms with Crippen LogP contribution in [0.25, 0.3) is 0 Å². The van der Waals surface area contributed by atoms with Gasteiger partial charge in [-0.2, -0.15) is 0 Å². The average Bonchev–Trinajstić information content (AvgIpc) is 2.18. The van der Waals surface area contributed by atoms with E-state index in [0.29, 0.717) is 5.92 Å². The molecule has 1 aromatic carbocycles. The number of rotatable bonds is 6. The third-order valence-electron chi connectivity index (χ3n) is 2.41. The van der Waals surface area contributed by atoms with Crippen LogP contribution in [0.3, 0.4) is 0 Å². The highest BCUT2D eigenvalue weighted by molar-refractivity contribution is 5.17. The monoisotopic (exact) mass is 207 g/mol. The van der Waals surface area contributed by atoms with Crippen LogP contribution in [-0.4, -0.2) is 13.6 Å². The molecule has 0 bridgehead atoms. The maximum absolute atomic E-state index is 13.0. The van der Waals surface area contributed by atoms with E-state index in [9.17, 15) is 4.39 Å². The van der Waals surface area contributed by atoms with Gasteiger partial charge >= 0.3 is 0 Å². The molecule has 0 saturated carbocycles. The Kier molecular flexibility index (Phi) is 5.05. The minimum atomic E-state index is -0.158. The predicted molar refractivity (Wildman–Crippen MR) is 62.3 cm³/mol. The maximum Gasteiger partial charge on any atom is 0.123 e. The first kappa shape index (κ1) is 11.9. The highest BCUT2D eigenvalue weighted by Crippen LogP contribution is 2.13. The zero-order valence-corrected chi connectivity index (χ0v) is 9.17. The second-order valence-corrected chi connectivity index (χ2v) is 3.78. The quantitative estimate of drug-likeness (QED) is 0.707. The van der Waals surface area contributed by atoms with Gasteiger partial charge in [0.15, 0.2) is 0 Å². The smallest absolute Gasteiger partial charge is 0.123 e. The van der Waals surface area contributed by atoms with Gasteiger partial charge in [0.1, 0.15) is 5.82 Å². The molecule has 15 heavy (non-hydrogen) atoms. The second-order valence-electron chi connectivity index (χ2n) is 3.78. The molecule has 0 amide bonds. The molecule has 0 radical (unpaired) electrons. The van der Waals surface area contributed by atoms with Gasteiger partial charge in [-0.1, -0.05) is 18.2 Å². The van der Waals surface area contributed by atoms with Gasteiger partial charge < -0.3 is 5.32 Å². The van der Waals surface area contributed by atoms with Crippen molar-refractivity contribution in [1.82, 2.24) is 5.32 Å². The molecule has 2 heteroatoms. The molecule has 1 aromatic rings. The van der Waals surface area contributed by atoms with Crippen LogP contribution in [0, 0.1) is 11.7 Å². The van der Waals surface area contributed by atoms with Crippen LogP contribution in [0.1, 0.15) is 12.0 Å². The minimum Gasteiger partial charge on any atom is -0.319 e. The molecule has 1 nitrogen and oxygen atoms in total. The number of hydrogen-bond donors (Lipinski definition) is 1. The van der Waals surface area contributed by atoms with Crippen LogP contribution in [0.5, 0.6) is 0 Å². The SMILES string of the molecule is C=CCC(CNC)Cc1cccc(F)c1. The molecular weight excluding hydrogens is 189 g/mol. The number of allylic oxidation sites excluding steroid dienone is 1. The van der Waals surface area contributed by atoms with Crippen molar-refractivity contribution in [1.29, 1.82) is 0 Å². The van der Waals surface area contributed by atoms with E-state index in [2.05, 4.69) is 11.9 Å². The van der Waals surface area contributed by atoms with Crippen molar-refractivity contribution in [3.05, 3.63) is 48.3 Å². The van der Waals surface area contributed by atoms with Gasteiger partial charge in [-0.05, 0) is 50.0 Å². The van der Waals surface area contributed by atoms with E-state index >= 15 is 0 Å². The van der Waals surface area contributed by atoms with E-state index in [0.717, 1.165) is 24.9 Å². The Morgan fingerprint density at radius 2 is 2.33 bits per heavy atom. The van der Waals surface area contributed by atoms with Gasteiger partial charge in [0.25, 0.3) is 0 Å². The molecule has 0 heterocycles. The molecule has 0 aliphatic rings. The molecule has 1 rings (SSSR count). The largest absolute Gasteiger partial charge is 0.319 e. The van der Waals surface area contributed by atoms with Gasteiger partial charge in [0.05, 0.1) is 0 Å². The van der Waals surface area contributed by atoms with Crippen molar-refractivity contribution in [2.75, 3.05) is 13.6 Å². The first-order chi connectivity index (χ1) is 7.26. The lowest BCUT2D eigenvalue weighted by Gasteiger charge is -2.14. The summed E-state index contributed by atoms with van der Waals surface area (Å²) in [5.74, 6) is 0.337. The highest BCUT2D eigenvalue weighted by Gasteiger charge is 2.07. The summed E-state index contributed by atoms with van der Waals surface area (Å²) in [6.45, 7) is 4.67. The van der Waals surface area contributed by atoms with Gasteiger partial charge in [0.2, 0.25) is 0 Å². The molecule has 0 spiro atoms. The van der Waals surface area contributed by atoms with Crippen LogP contribution >= 0.6 is 0 Å². The fraction of sp³-hybridized carbons (Fsp3) is 0.385. The summed E-state index contributed by atoms with van der Waals surface area (Å²) in [5, 5.41) is 3.15. The van der Waals surface area contributed by atoms with Crippen LogP contribution < -0.4 is 5.32 Å². The van der Waals surface area contributed by atoms with Crippen molar-refractivity contribution >= 4 is 0 Å². The van der Waals surface area contributed by atoms with Gasteiger partial charge in [-0.25, -0.2) is 4.39 Å². The Bertz CT molecular complexity index is 309. The second kappa shape index (κ2) is 6.36. The number of nitrogens with one attached hydrogen (secondary N) is 1. The summed E-state index contributed by atoms with van der Waals surface area (Å²) in [6.07, 6.45) is 3.77. The van der Waals surface area contributed by atoms with E-state index in [1.54, 1.807) is 12.1 Å². The van der Waals surface area contributed by atoms with E-state index in [1.165, 1.54) is 6.07 Å². The molecule has 0 aliphatic heterocycles. The normalized spacial score (nSPS) is 12.4. The summed E-state index contributed by atoms with van der Waals surface area (Å²) in [5.41, 5.74) is 1.05. The lowest BCUT2D eigenvalue weighted by Crippen LogP contribution is -2.20. The van der Waals surface area contributed by atoms with Gasteiger partial charge in [-0.3, -0.25) is 0 Å². The van der Waals surface area contributed by atoms with Crippen molar-refractivity contribution in [2.45, 2.75) is 12.8 Å². The van der Waals surface area contributed by atoms with E-state index in [-0.39, 0.29) is 5.82 Å². The number of benzene rings is 1. The average molecular weight is 207 g/mol. The predicted octanol–water partition coefficient (Wildman–Crippen LogP) is 2.78. The molecule has 1 N–H and O–H groups in total. The van der Waals surface area contributed by atoms with Crippen LogP contribution in [0.15, 0.2) is 36.9 Å². The Morgan fingerprint density at radius 3 is 2.93 bits per heavy atom. The molecule has 0 fully saturated rings. The summed E-state index contributed by atoms with van der Waals surface area (Å²) < 4.78 is 13.0. The number of halogens is 1. The molecule has 0 saturated heterocycles. The van der Waals surface area contributed by atoms with Crippen molar-refractivity contribution < 1.29 is 4.39 Å². The summed E-state index contributed by atoms with van der Waals surface area (Å²) in [6, 6.07) is 6.81. The first-order valence-electron chi connectivity index (χ1n) is 5.26. The Balaban J connectivity index is 2.60. The zero-order valence-electron chi connectivity index (χ0n) is 9.17. The molecular formula is C13H18FN. The van der Waals surface area contributed by atoms with E-state index < -0.39 is 0 Å². The maximum atomic E-state index is 13.0. The topological polar surface area (TPSA) is 12.0 Å². The van der Waals surface area contributed by atoms with Crippen molar-refractivity contribution in [3.8, 4) is 0 Å². The highest BCUT2D eigenvalue weighted by atomic mass is 19.1. The lowest BCUT2D eigenvalue weighted by atomic mass is 9.96. The van der Waals surface area contributed by atoms with E-state index in [1.807, 2.05) is 19.2 Å². The lowest BCUT2D eigenvalue weighted by molar-refractivity contribution is 0.500. The molecule has 0 aromatic heterocycles. The van der Waals surface area contributed by atoms with Crippen molar-refractivity contribution in [2.24, 2.45) is 5.92 Å². The fourth-order valence-electron chi connectivity index (χ4n) is 1.76. The summed E-state index contributed by atoms with van der Waals surface area (Å²) in [7, 11) is 1.93. The number of hydrogen-bond acceptors (Lipinski definition) is 1. The Morgan fingerprint density at radius 1 is 1.53 bits per heavy atom. The van der Waals surface area contributed by atoms with Crippen LogP contribution in [0.2, 0.25) is 0 Å². The van der Waals surface area contributed by atoms with Crippen LogP contribution in [0.4, 0.5) is 4.39 Å². The van der Waals surface area contributed by atoms with Crippen LogP contribution in [-0.2, 0) is 6.42 Å². The molecule has 0 aliphatic carbocycles. The van der Waals surface area contributed by atoms with Crippen molar-refractivity contribution in [3.63, 3.8) is 0 Å². The Hall–Kier alpha value is -1.15. The minimum absolute atomic E-state index is 0.158. The molecule has 1 atom stereocenters. The first-order valence-corrected chi connectivity index (χ1v) is 5.26. The fourth-order valence-corrected chi connectivity index (χ4v) is 1.76. The standard InChI is InChI=1S/C13H18FN/c1-3-5-12(10-15-2)8-11-6-4-7-13(14)9-11/h3-4,6-7,9,12,15H,1,5,8,10H2,2H3. The third kappa shape index (κ3) is 4.26. The summed E-state index contributed by atoms with van der Waals surface area (Å²) >= 11 is 0. The van der Waals surface area contributed by atoms with Gasteiger partial charge in [-0.15, -0.1) is 6.58 Å². The summed E-state index contributed by atoms with van der Waals surface area (Å²) in [4.78, 5) is 0. The molecule has 1 unspecified atom stereocenters. The zero-order chi connectivity index (χ0) is 11.1. The molecule has 82 valence electrons. The van der Waals surface area contributed by atoms with Gasteiger partial charge in [0, 0.05) is 0 Å². The third-order valence-corrected chi connectivity index (χ3v) is 2.41.